The quantitative estimate of drug-likeness (QED) is 0.616. The molecule has 0 fully saturated rings. The zero-order valence-corrected chi connectivity index (χ0v) is 13.9. The van der Waals surface area contributed by atoms with Crippen LogP contribution >= 0.6 is 0 Å². The SMILES string of the molecule is COC[C@H](N)CNc1nccc(Nc2cccc3c2ccn3C)n1. The van der Waals surface area contributed by atoms with Crippen molar-refractivity contribution in [3.8, 4) is 0 Å². The number of rotatable bonds is 7. The van der Waals surface area contributed by atoms with Gasteiger partial charge in [0.2, 0.25) is 5.95 Å². The Balaban J connectivity index is 1.74. The molecule has 0 saturated heterocycles. The Labute approximate surface area is 140 Å². The molecule has 126 valence electrons. The van der Waals surface area contributed by atoms with Crippen LogP contribution in [0, 0.1) is 0 Å². The fourth-order valence-corrected chi connectivity index (χ4v) is 2.56. The van der Waals surface area contributed by atoms with Crippen LogP contribution in [0.3, 0.4) is 0 Å². The summed E-state index contributed by atoms with van der Waals surface area (Å²) in [7, 11) is 3.66. The smallest absolute Gasteiger partial charge is 0.224 e. The second-order valence-electron chi connectivity index (χ2n) is 5.65. The Morgan fingerprint density at radius 1 is 1.29 bits per heavy atom. The number of hydrogen-bond acceptors (Lipinski definition) is 6. The molecule has 0 radical (unpaired) electrons. The molecule has 0 aliphatic carbocycles. The van der Waals surface area contributed by atoms with Crippen molar-refractivity contribution in [3.63, 3.8) is 0 Å². The standard InChI is InChI=1S/C17H22N6O/c1-23-9-7-13-14(4-3-5-15(13)23)21-16-6-8-19-17(22-16)20-10-12(18)11-24-2/h3-9,12H,10-11,18H2,1-2H3,(H2,19,20,21,22)/t12-/m1/s1. The van der Waals surface area contributed by atoms with Crippen molar-refractivity contribution in [3.05, 3.63) is 42.7 Å². The van der Waals surface area contributed by atoms with Gasteiger partial charge in [-0.2, -0.15) is 4.98 Å². The van der Waals surface area contributed by atoms with Gasteiger partial charge in [-0.3, -0.25) is 0 Å². The number of ether oxygens (including phenoxy) is 1. The molecule has 0 saturated carbocycles. The van der Waals surface area contributed by atoms with Gasteiger partial charge in [0.15, 0.2) is 0 Å². The van der Waals surface area contributed by atoms with Crippen molar-refractivity contribution >= 4 is 28.4 Å². The second kappa shape index (κ2) is 7.29. The van der Waals surface area contributed by atoms with Crippen molar-refractivity contribution in [1.82, 2.24) is 14.5 Å². The van der Waals surface area contributed by atoms with E-state index in [9.17, 15) is 0 Å². The number of benzene rings is 1. The van der Waals surface area contributed by atoms with E-state index in [0.717, 1.165) is 22.4 Å². The lowest BCUT2D eigenvalue weighted by Gasteiger charge is -2.12. The van der Waals surface area contributed by atoms with Gasteiger partial charge < -0.3 is 25.7 Å². The maximum atomic E-state index is 5.90. The first-order valence-corrected chi connectivity index (χ1v) is 7.80. The molecule has 7 nitrogen and oxygen atoms in total. The number of nitrogens with one attached hydrogen (secondary N) is 2. The lowest BCUT2D eigenvalue weighted by Crippen LogP contribution is -2.33. The molecule has 0 amide bonds. The molecule has 1 atom stereocenters. The molecule has 24 heavy (non-hydrogen) atoms. The minimum Gasteiger partial charge on any atom is -0.383 e. The highest BCUT2D eigenvalue weighted by Gasteiger charge is 2.07. The van der Waals surface area contributed by atoms with Crippen LogP contribution in [0.1, 0.15) is 0 Å². The van der Waals surface area contributed by atoms with Gasteiger partial charge in [-0.1, -0.05) is 6.07 Å². The topological polar surface area (TPSA) is 90.0 Å². The third-order valence-corrected chi connectivity index (χ3v) is 3.75. The first kappa shape index (κ1) is 16.2. The Morgan fingerprint density at radius 3 is 3.00 bits per heavy atom. The minimum absolute atomic E-state index is 0.103. The third kappa shape index (κ3) is 3.64. The van der Waals surface area contributed by atoms with Gasteiger partial charge in [0.05, 0.1) is 6.61 Å². The van der Waals surface area contributed by atoms with Crippen LogP contribution in [0.15, 0.2) is 42.7 Å². The fraction of sp³-hybridized carbons (Fsp3) is 0.294. The molecule has 1 aromatic carbocycles. The highest BCUT2D eigenvalue weighted by molar-refractivity contribution is 5.93. The van der Waals surface area contributed by atoms with Crippen LogP contribution in [-0.2, 0) is 11.8 Å². The van der Waals surface area contributed by atoms with Crippen LogP contribution < -0.4 is 16.4 Å². The van der Waals surface area contributed by atoms with Crippen LogP contribution in [0.2, 0.25) is 0 Å². The summed E-state index contributed by atoms with van der Waals surface area (Å²) in [6, 6.07) is 9.96. The van der Waals surface area contributed by atoms with Gasteiger partial charge in [0, 0.05) is 55.7 Å². The molecule has 4 N–H and O–H groups in total. The monoisotopic (exact) mass is 326 g/mol. The number of nitrogens with two attached hydrogens (primary N) is 1. The summed E-state index contributed by atoms with van der Waals surface area (Å²) < 4.78 is 7.11. The summed E-state index contributed by atoms with van der Waals surface area (Å²) in [6.07, 6.45) is 3.75. The van der Waals surface area contributed by atoms with Gasteiger partial charge in [-0.25, -0.2) is 4.98 Å². The van der Waals surface area contributed by atoms with Gasteiger partial charge in [0.25, 0.3) is 0 Å². The zero-order valence-electron chi connectivity index (χ0n) is 13.9. The fourth-order valence-electron chi connectivity index (χ4n) is 2.56. The lowest BCUT2D eigenvalue weighted by atomic mass is 10.2. The molecule has 2 heterocycles. The molecular formula is C17H22N6O. The van der Waals surface area contributed by atoms with Gasteiger partial charge >= 0.3 is 0 Å². The van der Waals surface area contributed by atoms with Crippen LogP contribution in [-0.4, -0.2) is 40.8 Å². The number of hydrogen-bond donors (Lipinski definition) is 3. The van der Waals surface area contributed by atoms with E-state index in [1.54, 1.807) is 13.3 Å². The normalized spacial score (nSPS) is 12.3. The number of methoxy groups -OCH3 is 1. The Bertz CT molecular complexity index is 816. The van der Waals surface area contributed by atoms with Crippen molar-refractivity contribution in [2.45, 2.75) is 6.04 Å². The van der Waals surface area contributed by atoms with E-state index in [2.05, 4.69) is 37.3 Å². The van der Waals surface area contributed by atoms with Crippen LogP contribution in [0.5, 0.6) is 0 Å². The van der Waals surface area contributed by atoms with E-state index in [1.807, 2.05) is 31.4 Å². The summed E-state index contributed by atoms with van der Waals surface area (Å²) in [4.78, 5) is 8.69. The van der Waals surface area contributed by atoms with E-state index in [4.69, 9.17) is 10.5 Å². The zero-order chi connectivity index (χ0) is 16.9. The number of anilines is 3. The van der Waals surface area contributed by atoms with Gasteiger partial charge in [0.1, 0.15) is 5.82 Å². The highest BCUT2D eigenvalue weighted by Crippen LogP contribution is 2.26. The summed E-state index contributed by atoms with van der Waals surface area (Å²) in [5.41, 5.74) is 8.07. The number of fused-ring (bicyclic) bond motifs is 1. The molecular weight excluding hydrogens is 304 g/mol. The molecule has 0 aliphatic heterocycles. The van der Waals surface area contributed by atoms with E-state index in [1.165, 1.54) is 0 Å². The summed E-state index contributed by atoms with van der Waals surface area (Å²) >= 11 is 0. The van der Waals surface area contributed by atoms with Gasteiger partial charge in [-0.15, -0.1) is 0 Å². The maximum Gasteiger partial charge on any atom is 0.224 e. The largest absolute Gasteiger partial charge is 0.383 e. The Kier molecular flexibility index (Phi) is 4.93. The van der Waals surface area contributed by atoms with Crippen LogP contribution in [0.25, 0.3) is 10.9 Å². The number of nitrogens with zero attached hydrogens (tertiary/aromatic N) is 3. The minimum atomic E-state index is -0.103. The number of aromatic nitrogens is 3. The van der Waals surface area contributed by atoms with E-state index in [0.29, 0.717) is 19.1 Å². The lowest BCUT2D eigenvalue weighted by molar-refractivity contribution is 0.183. The van der Waals surface area contributed by atoms with Crippen LogP contribution in [0.4, 0.5) is 17.5 Å². The highest BCUT2D eigenvalue weighted by atomic mass is 16.5. The van der Waals surface area contributed by atoms with Gasteiger partial charge in [-0.05, 0) is 24.3 Å². The average Bonchev–Trinajstić information content (AvgIpc) is 2.96. The molecule has 0 aliphatic rings. The second-order valence-corrected chi connectivity index (χ2v) is 5.65. The van der Waals surface area contributed by atoms with E-state index >= 15 is 0 Å². The molecule has 0 spiro atoms. The first-order valence-electron chi connectivity index (χ1n) is 7.80. The molecule has 0 unspecified atom stereocenters. The number of aryl methyl sites for hydroxylation is 1. The summed E-state index contributed by atoms with van der Waals surface area (Å²) in [5, 5.41) is 7.63. The molecule has 7 heteroatoms. The van der Waals surface area contributed by atoms with E-state index in [-0.39, 0.29) is 6.04 Å². The molecule has 2 aromatic heterocycles. The van der Waals surface area contributed by atoms with Crippen molar-refractivity contribution < 1.29 is 4.74 Å². The molecule has 0 bridgehead atoms. The van der Waals surface area contributed by atoms with Crippen molar-refractivity contribution in [2.75, 3.05) is 30.9 Å². The van der Waals surface area contributed by atoms with E-state index < -0.39 is 0 Å². The Hall–Kier alpha value is -2.64. The summed E-state index contributed by atoms with van der Waals surface area (Å²) in [5.74, 6) is 1.26. The predicted molar refractivity (Wildman–Crippen MR) is 96.6 cm³/mol. The summed E-state index contributed by atoms with van der Waals surface area (Å²) in [6.45, 7) is 1.03. The average molecular weight is 326 g/mol. The third-order valence-electron chi connectivity index (χ3n) is 3.75. The van der Waals surface area contributed by atoms with Crippen molar-refractivity contribution in [2.24, 2.45) is 12.8 Å². The predicted octanol–water partition coefficient (Wildman–Crippen LogP) is 2.10. The molecule has 3 aromatic rings. The Morgan fingerprint density at radius 2 is 2.17 bits per heavy atom. The first-order chi connectivity index (χ1) is 11.7. The van der Waals surface area contributed by atoms with Crippen molar-refractivity contribution in [1.29, 1.82) is 0 Å². The molecule has 3 rings (SSSR count). The maximum absolute atomic E-state index is 5.90.